The maximum absolute atomic E-state index is 10.8. The molecule has 0 aliphatic rings. The van der Waals surface area contributed by atoms with Crippen molar-refractivity contribution in [3.05, 3.63) is 51.7 Å². The number of oxazole rings is 1. The van der Waals surface area contributed by atoms with E-state index in [1.807, 2.05) is 6.92 Å². The first-order chi connectivity index (χ1) is 9.10. The van der Waals surface area contributed by atoms with Gasteiger partial charge in [0, 0.05) is 23.7 Å². The summed E-state index contributed by atoms with van der Waals surface area (Å²) < 4.78 is 5.45. The largest absolute Gasteiger partial charge is 0.444 e. The third-order valence-corrected chi connectivity index (χ3v) is 2.80. The topological polar surface area (TPSA) is 81.2 Å². The van der Waals surface area contributed by atoms with Crippen LogP contribution >= 0.6 is 0 Å². The fraction of sp³-hybridized carbons (Fsp3) is 0.308. The van der Waals surface area contributed by atoms with Crippen LogP contribution in [-0.2, 0) is 13.0 Å². The SMILES string of the molecule is CCc1cnc(CNc2ccc(C)c([N+](=O)[O-])c2)o1. The molecule has 2 aromatic rings. The summed E-state index contributed by atoms with van der Waals surface area (Å²) in [5, 5.41) is 13.9. The van der Waals surface area contributed by atoms with Gasteiger partial charge in [-0.1, -0.05) is 13.0 Å². The van der Waals surface area contributed by atoms with Gasteiger partial charge in [-0.15, -0.1) is 0 Å². The minimum absolute atomic E-state index is 0.103. The molecule has 0 amide bonds. The lowest BCUT2D eigenvalue weighted by atomic mass is 10.2. The van der Waals surface area contributed by atoms with Crippen LogP contribution in [-0.4, -0.2) is 9.91 Å². The van der Waals surface area contributed by atoms with E-state index in [-0.39, 0.29) is 10.6 Å². The molecule has 1 aromatic heterocycles. The van der Waals surface area contributed by atoms with E-state index in [1.54, 1.807) is 25.3 Å². The monoisotopic (exact) mass is 261 g/mol. The van der Waals surface area contributed by atoms with Gasteiger partial charge in [0.2, 0.25) is 5.89 Å². The summed E-state index contributed by atoms with van der Waals surface area (Å²) in [6, 6.07) is 5.03. The molecule has 6 heteroatoms. The number of benzene rings is 1. The van der Waals surface area contributed by atoms with Crippen LogP contribution in [0, 0.1) is 17.0 Å². The summed E-state index contributed by atoms with van der Waals surface area (Å²) in [6.45, 7) is 4.10. The number of hydrogen-bond acceptors (Lipinski definition) is 5. The lowest BCUT2D eigenvalue weighted by Gasteiger charge is -2.05. The van der Waals surface area contributed by atoms with E-state index in [1.165, 1.54) is 6.07 Å². The average molecular weight is 261 g/mol. The van der Waals surface area contributed by atoms with Crippen molar-refractivity contribution in [3.63, 3.8) is 0 Å². The normalized spacial score (nSPS) is 10.4. The average Bonchev–Trinajstić information content (AvgIpc) is 2.85. The van der Waals surface area contributed by atoms with Crippen LogP contribution in [0.15, 0.2) is 28.8 Å². The van der Waals surface area contributed by atoms with Crippen LogP contribution in [0.2, 0.25) is 0 Å². The summed E-state index contributed by atoms with van der Waals surface area (Å²) in [5.74, 6) is 1.40. The molecule has 0 radical (unpaired) electrons. The summed E-state index contributed by atoms with van der Waals surface area (Å²) in [7, 11) is 0. The third kappa shape index (κ3) is 3.09. The Morgan fingerprint density at radius 2 is 2.26 bits per heavy atom. The van der Waals surface area contributed by atoms with E-state index in [2.05, 4.69) is 10.3 Å². The van der Waals surface area contributed by atoms with Crippen molar-refractivity contribution >= 4 is 11.4 Å². The highest BCUT2D eigenvalue weighted by atomic mass is 16.6. The highest BCUT2D eigenvalue weighted by molar-refractivity contribution is 5.54. The van der Waals surface area contributed by atoms with Gasteiger partial charge in [-0.05, 0) is 13.0 Å². The Kier molecular flexibility index (Phi) is 3.79. The van der Waals surface area contributed by atoms with Gasteiger partial charge >= 0.3 is 0 Å². The van der Waals surface area contributed by atoms with E-state index in [4.69, 9.17) is 4.42 Å². The molecule has 0 atom stereocenters. The second kappa shape index (κ2) is 5.51. The molecule has 0 bridgehead atoms. The molecule has 2 rings (SSSR count). The van der Waals surface area contributed by atoms with Gasteiger partial charge in [-0.25, -0.2) is 4.98 Å². The van der Waals surface area contributed by atoms with Crippen LogP contribution in [0.3, 0.4) is 0 Å². The van der Waals surface area contributed by atoms with E-state index in [0.29, 0.717) is 23.7 Å². The lowest BCUT2D eigenvalue weighted by Crippen LogP contribution is -2.01. The molecule has 0 fully saturated rings. The highest BCUT2D eigenvalue weighted by Crippen LogP contribution is 2.22. The number of nitrogens with zero attached hydrogens (tertiary/aromatic N) is 2. The maximum Gasteiger partial charge on any atom is 0.274 e. The Morgan fingerprint density at radius 1 is 1.47 bits per heavy atom. The number of aromatic nitrogens is 1. The lowest BCUT2D eigenvalue weighted by molar-refractivity contribution is -0.385. The first-order valence-corrected chi connectivity index (χ1v) is 6.02. The number of rotatable bonds is 5. The molecular weight excluding hydrogens is 246 g/mol. The second-order valence-electron chi connectivity index (χ2n) is 4.19. The fourth-order valence-corrected chi connectivity index (χ4v) is 1.69. The first kappa shape index (κ1) is 13.1. The van der Waals surface area contributed by atoms with Crippen molar-refractivity contribution in [1.29, 1.82) is 0 Å². The molecular formula is C13H15N3O3. The molecule has 1 N–H and O–H groups in total. The summed E-state index contributed by atoms with van der Waals surface area (Å²) in [5.41, 5.74) is 1.42. The molecule has 1 aromatic carbocycles. The van der Waals surface area contributed by atoms with Crippen molar-refractivity contribution < 1.29 is 9.34 Å². The Morgan fingerprint density at radius 3 is 2.89 bits per heavy atom. The maximum atomic E-state index is 10.8. The number of nitrogens with one attached hydrogen (secondary N) is 1. The van der Waals surface area contributed by atoms with Gasteiger partial charge in [0.15, 0.2) is 0 Å². The zero-order valence-electron chi connectivity index (χ0n) is 10.8. The summed E-state index contributed by atoms with van der Waals surface area (Å²) in [4.78, 5) is 14.6. The van der Waals surface area contributed by atoms with Gasteiger partial charge in [-0.3, -0.25) is 10.1 Å². The van der Waals surface area contributed by atoms with E-state index in [9.17, 15) is 10.1 Å². The van der Waals surface area contributed by atoms with Crippen molar-refractivity contribution in [2.24, 2.45) is 0 Å². The Hall–Kier alpha value is -2.37. The molecule has 0 aliphatic carbocycles. The molecule has 6 nitrogen and oxygen atoms in total. The number of aryl methyl sites for hydroxylation is 2. The van der Waals surface area contributed by atoms with Crippen LogP contribution in [0.1, 0.15) is 24.1 Å². The minimum Gasteiger partial charge on any atom is -0.444 e. The molecule has 0 saturated carbocycles. The molecule has 0 saturated heterocycles. The van der Waals surface area contributed by atoms with Crippen molar-refractivity contribution in [1.82, 2.24) is 4.98 Å². The zero-order valence-corrected chi connectivity index (χ0v) is 10.8. The Balaban J connectivity index is 2.07. The number of nitro groups is 1. The first-order valence-electron chi connectivity index (χ1n) is 6.02. The Bertz CT molecular complexity index is 593. The Labute approximate surface area is 110 Å². The second-order valence-corrected chi connectivity index (χ2v) is 4.19. The number of nitro benzene ring substituents is 1. The predicted octanol–water partition coefficient (Wildman–Crippen LogP) is 3.07. The van der Waals surface area contributed by atoms with Crippen LogP contribution in [0.4, 0.5) is 11.4 Å². The third-order valence-electron chi connectivity index (χ3n) is 2.80. The van der Waals surface area contributed by atoms with Crippen LogP contribution < -0.4 is 5.32 Å². The number of anilines is 1. The van der Waals surface area contributed by atoms with Crippen molar-refractivity contribution in [2.75, 3.05) is 5.32 Å². The molecule has 0 spiro atoms. The van der Waals surface area contributed by atoms with E-state index in [0.717, 1.165) is 12.2 Å². The van der Waals surface area contributed by atoms with Gasteiger partial charge in [0.05, 0.1) is 17.7 Å². The zero-order chi connectivity index (χ0) is 13.8. The van der Waals surface area contributed by atoms with Gasteiger partial charge in [0.25, 0.3) is 5.69 Å². The molecule has 0 unspecified atom stereocenters. The quantitative estimate of drug-likeness (QED) is 0.660. The van der Waals surface area contributed by atoms with Crippen LogP contribution in [0.5, 0.6) is 0 Å². The van der Waals surface area contributed by atoms with Crippen molar-refractivity contribution in [3.8, 4) is 0 Å². The van der Waals surface area contributed by atoms with Gasteiger partial charge < -0.3 is 9.73 Å². The molecule has 19 heavy (non-hydrogen) atoms. The standard InChI is InChI=1S/C13H15N3O3/c1-3-11-7-15-13(19-11)8-14-10-5-4-9(2)12(6-10)16(17)18/h4-7,14H,3,8H2,1-2H3. The summed E-state index contributed by atoms with van der Waals surface area (Å²) in [6.07, 6.45) is 2.48. The summed E-state index contributed by atoms with van der Waals surface area (Å²) >= 11 is 0. The smallest absolute Gasteiger partial charge is 0.274 e. The fourth-order valence-electron chi connectivity index (χ4n) is 1.69. The van der Waals surface area contributed by atoms with E-state index < -0.39 is 0 Å². The minimum atomic E-state index is -0.388. The van der Waals surface area contributed by atoms with Gasteiger partial charge in [0.1, 0.15) is 5.76 Å². The molecule has 0 aliphatic heterocycles. The van der Waals surface area contributed by atoms with E-state index >= 15 is 0 Å². The van der Waals surface area contributed by atoms with Gasteiger partial charge in [-0.2, -0.15) is 0 Å². The molecule has 100 valence electrons. The number of hydrogen-bond donors (Lipinski definition) is 1. The van der Waals surface area contributed by atoms with Crippen molar-refractivity contribution in [2.45, 2.75) is 26.8 Å². The highest BCUT2D eigenvalue weighted by Gasteiger charge is 2.11. The predicted molar refractivity (Wildman–Crippen MR) is 71.0 cm³/mol. The van der Waals surface area contributed by atoms with Crippen LogP contribution in [0.25, 0.3) is 0 Å². The molecule has 1 heterocycles.